The number of hydrogen-bond donors (Lipinski definition) is 0. The van der Waals surface area contributed by atoms with Gasteiger partial charge in [-0.05, 0) is 4.98 Å². The number of rotatable bonds is 0. The maximum absolute atomic E-state index is 9.32. The number of nitrogens with zero attached hydrogens (tertiary/aromatic N) is 12. The Morgan fingerprint density at radius 3 is 1.00 bits per heavy atom. The Bertz CT molecular complexity index is 1350. The Hall–Kier alpha value is -5.82. The van der Waals surface area contributed by atoms with Gasteiger partial charge < -0.3 is 0 Å². The first-order chi connectivity index (χ1) is 14.6. The van der Waals surface area contributed by atoms with Gasteiger partial charge in [0.05, 0.1) is 0 Å². The molecule has 0 aliphatic carbocycles. The van der Waals surface area contributed by atoms with E-state index in [1.807, 2.05) is 0 Å². The van der Waals surface area contributed by atoms with Crippen LogP contribution < -0.4 is 0 Å². The van der Waals surface area contributed by atoms with Gasteiger partial charge in [-0.2, -0.15) is 31.2 Å². The number of benzene rings is 1. The summed E-state index contributed by atoms with van der Waals surface area (Å²) in [4.78, 5) is 28.3. The first kappa shape index (κ1) is 17.6. The highest BCUT2D eigenvalue weighted by Gasteiger charge is 2.27. The summed E-state index contributed by atoms with van der Waals surface area (Å²) in [5.74, 6) is -0.197. The highest BCUT2D eigenvalue weighted by molar-refractivity contribution is 6.18. The van der Waals surface area contributed by atoms with Crippen molar-refractivity contribution < 1.29 is 0 Å². The average Bonchev–Trinajstić information content (AvgIpc) is 2.81. The third kappa shape index (κ3) is 2.27. The predicted molar refractivity (Wildman–Crippen MR) is 97.3 cm³/mol. The van der Waals surface area contributed by atoms with Crippen LogP contribution in [0.4, 0.5) is 5.82 Å². The van der Waals surface area contributed by atoms with Crippen molar-refractivity contribution in [3.63, 3.8) is 0 Å². The lowest BCUT2D eigenvalue weighted by atomic mass is 10.1. The Balaban J connectivity index is 2.42. The molecule has 12 heteroatoms. The molecule has 0 fully saturated rings. The summed E-state index contributed by atoms with van der Waals surface area (Å²) in [7, 11) is 0. The number of hydrogen-bond acceptors (Lipinski definition) is 11. The zero-order valence-electron chi connectivity index (χ0n) is 14.4. The van der Waals surface area contributed by atoms with Crippen LogP contribution in [0, 0.1) is 63.2 Å². The predicted octanol–water partition coefficient (Wildman–Crippen LogP) is 1.47. The molecule has 0 radical (unpaired) electrons. The largest absolute Gasteiger partial charge is 0.462 e. The molecule has 1 aromatic carbocycles. The molecule has 0 atom stereocenters. The van der Waals surface area contributed by atoms with Crippen molar-refractivity contribution >= 4 is 38.9 Å². The van der Waals surface area contributed by atoms with Gasteiger partial charge in [0.25, 0.3) is 5.69 Å². The molecular formula is C18HN12+. The monoisotopic (exact) mass is 385 g/mol. The van der Waals surface area contributed by atoms with Crippen LogP contribution >= 0.6 is 0 Å². The molecule has 12 nitrogen and oxygen atoms in total. The maximum atomic E-state index is 9.32. The second-order valence-electron chi connectivity index (χ2n) is 5.52. The first-order valence-electron chi connectivity index (χ1n) is 7.78. The average molecular weight is 385 g/mol. The van der Waals surface area contributed by atoms with E-state index in [0.29, 0.717) is 0 Å². The minimum Gasteiger partial charge on any atom is -0.230 e. The van der Waals surface area contributed by atoms with Gasteiger partial charge >= 0.3 is 5.82 Å². The van der Waals surface area contributed by atoms with Gasteiger partial charge in [-0.25, -0.2) is 24.9 Å². The summed E-state index contributed by atoms with van der Waals surface area (Å²) < 4.78 is 0. The van der Waals surface area contributed by atoms with Crippen molar-refractivity contribution in [1.82, 2.24) is 29.9 Å². The topological polar surface area (TPSA) is 201 Å². The molecular weight excluding hydrogens is 384 g/mol. The molecule has 0 bridgehead atoms. The van der Waals surface area contributed by atoms with Crippen LogP contribution in [0.15, 0.2) is 0 Å². The number of nitriles is 5. The van der Waals surface area contributed by atoms with Crippen molar-refractivity contribution in [3.8, 4) is 36.9 Å². The van der Waals surface area contributed by atoms with Crippen molar-refractivity contribution in [2.24, 2.45) is 0 Å². The molecule has 0 aliphatic rings. The summed E-state index contributed by atoms with van der Waals surface area (Å²) in [6.07, 6.45) is 0. The Morgan fingerprint density at radius 1 is 0.467 bits per heavy atom. The second-order valence-corrected chi connectivity index (χ2v) is 5.52. The molecule has 3 heterocycles. The van der Waals surface area contributed by atoms with Gasteiger partial charge in [-0.15, -0.1) is 0 Å². The fourth-order valence-corrected chi connectivity index (χ4v) is 2.76. The Morgan fingerprint density at radius 2 is 0.733 bits per heavy atom. The zero-order chi connectivity index (χ0) is 21.4. The van der Waals surface area contributed by atoms with Gasteiger partial charge in [0, 0.05) is 0 Å². The van der Waals surface area contributed by atoms with Crippen LogP contribution in [0.1, 0.15) is 28.5 Å². The molecule has 0 amide bonds. The normalized spacial score (nSPS) is 9.80. The number of fused-ring (bicyclic) bond motifs is 6. The minimum absolute atomic E-state index is 0.00262. The smallest absolute Gasteiger partial charge is 0.230 e. The third-order valence-corrected chi connectivity index (χ3v) is 3.99. The molecule has 0 saturated heterocycles. The van der Waals surface area contributed by atoms with E-state index < -0.39 is 0 Å². The summed E-state index contributed by atoms with van der Waals surface area (Å²) in [6.45, 7) is 5.29. The van der Waals surface area contributed by atoms with E-state index in [4.69, 9.17) is 6.57 Å². The zero-order valence-corrected chi connectivity index (χ0v) is 14.4. The van der Waals surface area contributed by atoms with E-state index in [0.717, 1.165) is 0 Å². The lowest BCUT2D eigenvalue weighted by Crippen LogP contribution is -2.04. The highest BCUT2D eigenvalue weighted by Crippen LogP contribution is 2.32. The van der Waals surface area contributed by atoms with Crippen LogP contribution in [-0.4, -0.2) is 29.9 Å². The molecule has 132 valence electrons. The molecule has 0 aliphatic heterocycles. The van der Waals surface area contributed by atoms with Crippen molar-refractivity contribution in [1.29, 1.82) is 26.3 Å². The van der Waals surface area contributed by atoms with Crippen LogP contribution in [0.5, 0.6) is 0 Å². The van der Waals surface area contributed by atoms with Gasteiger partial charge in [0.1, 0.15) is 64.5 Å². The summed E-state index contributed by atoms with van der Waals surface area (Å²) >= 11 is 0. The minimum atomic E-state index is -0.280. The Labute approximate surface area is 166 Å². The fraction of sp³-hybridized carbons (Fsp3) is 0. The SMILES string of the molecule is C#[N+]c1nc2c3nc(C#N)c(C#N)nc3c3nc(C#N)c(C#N)nc3c2nc1C#N. The number of aromatic nitrogens is 6. The summed E-state index contributed by atoms with van der Waals surface area (Å²) in [6, 6.07) is 8.86. The highest BCUT2D eigenvalue weighted by atomic mass is 15.0. The van der Waals surface area contributed by atoms with Crippen LogP contribution in [0.25, 0.3) is 37.9 Å². The van der Waals surface area contributed by atoms with E-state index in [1.54, 1.807) is 30.3 Å². The van der Waals surface area contributed by atoms with Crippen molar-refractivity contribution in [2.45, 2.75) is 0 Å². The maximum Gasteiger partial charge on any atom is 0.462 e. The molecule has 30 heavy (non-hydrogen) atoms. The molecule has 4 rings (SSSR count). The quantitative estimate of drug-likeness (QED) is 0.396. The van der Waals surface area contributed by atoms with E-state index in [2.05, 4.69) is 34.7 Å². The summed E-state index contributed by atoms with van der Waals surface area (Å²) in [5.41, 5.74) is -1.28. The van der Waals surface area contributed by atoms with Gasteiger partial charge in [0.15, 0.2) is 22.8 Å². The Kier molecular flexibility index (Phi) is 3.76. The van der Waals surface area contributed by atoms with E-state index in [9.17, 15) is 26.3 Å². The van der Waals surface area contributed by atoms with Crippen LogP contribution in [-0.2, 0) is 0 Å². The van der Waals surface area contributed by atoms with E-state index >= 15 is 0 Å². The molecule has 0 spiro atoms. The molecule has 4 aromatic rings. The lowest BCUT2D eigenvalue weighted by Gasteiger charge is -2.06. The van der Waals surface area contributed by atoms with Crippen LogP contribution in [0.2, 0.25) is 0 Å². The molecule has 0 saturated carbocycles. The third-order valence-electron chi connectivity index (χ3n) is 3.99. The van der Waals surface area contributed by atoms with Gasteiger partial charge in [-0.1, -0.05) is 0 Å². The van der Waals surface area contributed by atoms with Gasteiger partial charge in [0.2, 0.25) is 5.52 Å². The summed E-state index contributed by atoms with van der Waals surface area (Å²) in [5, 5.41) is 46.5. The van der Waals surface area contributed by atoms with Gasteiger partial charge in [-0.3, -0.25) is 0 Å². The first-order valence-corrected chi connectivity index (χ1v) is 7.78. The molecule has 0 unspecified atom stereocenters. The lowest BCUT2D eigenvalue weighted by molar-refractivity contribution is 1.17. The van der Waals surface area contributed by atoms with Crippen molar-refractivity contribution in [2.75, 3.05) is 0 Å². The van der Waals surface area contributed by atoms with E-state index in [-0.39, 0.29) is 67.4 Å². The molecule has 3 aromatic heterocycles. The standard InChI is InChI=1S/C18HN12/c1-24-18-11(6-23)29-16-14-12(25-7(2-19)8(3-20)27-14)13-15(17(16)30-18)28-10(5-22)9(4-21)26-13/h1H/q+1. The second kappa shape index (κ2) is 6.41. The van der Waals surface area contributed by atoms with Crippen LogP contribution in [0.3, 0.4) is 0 Å². The van der Waals surface area contributed by atoms with E-state index in [1.165, 1.54) is 0 Å². The fourth-order valence-electron chi connectivity index (χ4n) is 2.76. The van der Waals surface area contributed by atoms with Crippen molar-refractivity contribution in [3.05, 3.63) is 33.3 Å². The molecule has 0 N–H and O–H groups in total.